The van der Waals surface area contributed by atoms with E-state index in [9.17, 15) is 0 Å². The number of nitrogens with zero attached hydrogens (tertiary/aromatic N) is 1. The Kier molecular flexibility index (Phi) is 4.47. The van der Waals surface area contributed by atoms with Crippen LogP contribution in [0.15, 0.2) is 138 Å². The number of aromatic nitrogens is 1. The Bertz CT molecular complexity index is 2590. The van der Waals surface area contributed by atoms with Crippen LogP contribution in [0.2, 0.25) is 0 Å². The molecule has 0 fully saturated rings. The lowest BCUT2D eigenvalue weighted by molar-refractivity contribution is 0.264. The largest absolute Gasteiger partial charge is 0.463 e. The molecule has 3 heterocycles. The SMILES string of the molecule is c1ccc2cc3c(cc2c1)c1ccccc1n3-c1ccc(C2Nc3ccc4oc5ccccc5c4c3O2)c2ccccc12. The Labute approximate surface area is 246 Å². The van der Waals surface area contributed by atoms with Crippen LogP contribution in [-0.2, 0) is 0 Å². The van der Waals surface area contributed by atoms with Gasteiger partial charge in [-0.05, 0) is 58.6 Å². The van der Waals surface area contributed by atoms with Crippen molar-refractivity contribution in [1.82, 2.24) is 4.57 Å². The lowest BCUT2D eigenvalue weighted by atomic mass is 10.0. The summed E-state index contributed by atoms with van der Waals surface area (Å²) in [5.74, 6) is 0.842. The van der Waals surface area contributed by atoms with Gasteiger partial charge in [-0.25, -0.2) is 0 Å². The van der Waals surface area contributed by atoms with Gasteiger partial charge >= 0.3 is 0 Å². The molecule has 0 saturated carbocycles. The first-order valence-corrected chi connectivity index (χ1v) is 14.6. The summed E-state index contributed by atoms with van der Waals surface area (Å²) in [5.41, 5.74) is 7.33. The van der Waals surface area contributed by atoms with E-state index in [4.69, 9.17) is 9.15 Å². The van der Waals surface area contributed by atoms with E-state index in [0.717, 1.165) is 50.0 Å². The van der Waals surface area contributed by atoms with Crippen LogP contribution in [0.3, 0.4) is 0 Å². The van der Waals surface area contributed by atoms with Gasteiger partial charge < -0.3 is 19.0 Å². The Hall–Kier alpha value is -5.74. The molecule has 2 aromatic heterocycles. The topological polar surface area (TPSA) is 39.3 Å². The number of rotatable bonds is 2. The standard InChI is InChI=1S/C39H24N2O2/c1-2-10-24-22-34-30(21-23(24)9-1)27-13-5-7-15-32(27)41(34)33-19-17-28(25-11-3-4-12-26(25)33)39-40-31-18-20-36-37(38(31)43-39)29-14-6-8-16-35(29)42-36/h1-22,39-40H. The Morgan fingerprint density at radius 2 is 1.26 bits per heavy atom. The van der Waals surface area contributed by atoms with Crippen molar-refractivity contribution in [3.8, 4) is 11.4 Å². The quantitative estimate of drug-likeness (QED) is 0.232. The van der Waals surface area contributed by atoms with Crippen LogP contribution in [0, 0.1) is 0 Å². The molecule has 7 aromatic carbocycles. The van der Waals surface area contributed by atoms with Crippen molar-refractivity contribution in [2.24, 2.45) is 0 Å². The van der Waals surface area contributed by atoms with Gasteiger partial charge in [-0.3, -0.25) is 0 Å². The van der Waals surface area contributed by atoms with Crippen LogP contribution in [0.25, 0.3) is 71.0 Å². The fourth-order valence-corrected chi connectivity index (χ4v) is 7.10. The molecule has 0 amide bonds. The van der Waals surface area contributed by atoms with Crippen molar-refractivity contribution >= 4 is 71.0 Å². The van der Waals surface area contributed by atoms with Crippen molar-refractivity contribution in [2.45, 2.75) is 6.23 Å². The van der Waals surface area contributed by atoms with E-state index in [1.54, 1.807) is 0 Å². The molecular weight excluding hydrogens is 528 g/mol. The van der Waals surface area contributed by atoms with E-state index < -0.39 is 0 Å². The summed E-state index contributed by atoms with van der Waals surface area (Å²) >= 11 is 0. The molecule has 1 aliphatic rings. The molecule has 0 aliphatic carbocycles. The van der Waals surface area contributed by atoms with E-state index in [1.165, 1.54) is 38.0 Å². The molecule has 1 unspecified atom stereocenters. The molecule has 4 heteroatoms. The molecule has 10 rings (SSSR count). The zero-order valence-corrected chi connectivity index (χ0v) is 23.0. The number of nitrogens with one attached hydrogen (secondary N) is 1. The normalized spacial score (nSPS) is 14.7. The maximum Gasteiger partial charge on any atom is 0.197 e. The van der Waals surface area contributed by atoms with E-state index in [-0.39, 0.29) is 6.23 Å². The molecule has 202 valence electrons. The average Bonchev–Trinajstić information content (AvgIpc) is 3.75. The molecule has 0 bridgehead atoms. The second-order valence-corrected chi connectivity index (χ2v) is 11.3. The zero-order chi connectivity index (χ0) is 28.1. The highest BCUT2D eigenvalue weighted by Crippen LogP contribution is 2.48. The summed E-state index contributed by atoms with van der Waals surface area (Å²) in [6, 6.07) is 47.3. The maximum absolute atomic E-state index is 6.72. The van der Waals surface area contributed by atoms with E-state index in [0.29, 0.717) is 0 Å². The number of fused-ring (bicyclic) bond motifs is 10. The summed E-state index contributed by atoms with van der Waals surface area (Å²) in [4.78, 5) is 0. The van der Waals surface area contributed by atoms with Gasteiger partial charge in [0.25, 0.3) is 0 Å². The van der Waals surface area contributed by atoms with Gasteiger partial charge in [0.2, 0.25) is 0 Å². The van der Waals surface area contributed by atoms with Crippen LogP contribution in [-0.4, -0.2) is 4.57 Å². The van der Waals surface area contributed by atoms with Gasteiger partial charge in [0.05, 0.1) is 27.8 Å². The second-order valence-electron chi connectivity index (χ2n) is 11.3. The smallest absolute Gasteiger partial charge is 0.197 e. The van der Waals surface area contributed by atoms with Crippen LogP contribution in [0.5, 0.6) is 5.75 Å². The molecule has 0 saturated heterocycles. The molecule has 1 N–H and O–H groups in total. The Morgan fingerprint density at radius 3 is 2.14 bits per heavy atom. The van der Waals surface area contributed by atoms with Crippen molar-refractivity contribution in [3.05, 3.63) is 139 Å². The van der Waals surface area contributed by atoms with Gasteiger partial charge in [-0.1, -0.05) is 91.0 Å². The van der Waals surface area contributed by atoms with Crippen molar-refractivity contribution in [1.29, 1.82) is 0 Å². The first-order valence-electron chi connectivity index (χ1n) is 14.6. The molecular formula is C39H24N2O2. The first kappa shape index (κ1) is 22.9. The summed E-state index contributed by atoms with van der Waals surface area (Å²) in [5, 5.41) is 13.1. The van der Waals surface area contributed by atoms with Crippen molar-refractivity contribution in [3.63, 3.8) is 0 Å². The molecule has 9 aromatic rings. The number of ether oxygens (including phenoxy) is 1. The highest BCUT2D eigenvalue weighted by Gasteiger charge is 2.29. The van der Waals surface area contributed by atoms with Crippen molar-refractivity contribution < 1.29 is 9.15 Å². The molecule has 1 atom stereocenters. The molecule has 43 heavy (non-hydrogen) atoms. The fraction of sp³-hybridized carbons (Fsp3) is 0.0256. The minimum atomic E-state index is -0.324. The fourth-order valence-electron chi connectivity index (χ4n) is 7.10. The minimum absolute atomic E-state index is 0.324. The van der Waals surface area contributed by atoms with E-state index >= 15 is 0 Å². The first-order chi connectivity index (χ1) is 21.3. The highest BCUT2D eigenvalue weighted by atomic mass is 16.5. The molecule has 0 spiro atoms. The monoisotopic (exact) mass is 552 g/mol. The van der Waals surface area contributed by atoms with Gasteiger partial charge in [-0.2, -0.15) is 0 Å². The number of furan rings is 1. The van der Waals surface area contributed by atoms with Gasteiger partial charge in [-0.15, -0.1) is 0 Å². The van der Waals surface area contributed by atoms with Gasteiger partial charge in [0.15, 0.2) is 12.0 Å². The Morgan fingerprint density at radius 1 is 0.535 bits per heavy atom. The second kappa shape index (κ2) is 8.40. The Balaban J connectivity index is 1.18. The number of para-hydroxylation sites is 2. The number of hydrogen-bond acceptors (Lipinski definition) is 3. The molecule has 4 nitrogen and oxygen atoms in total. The van der Waals surface area contributed by atoms with E-state index in [2.05, 4.69) is 119 Å². The summed E-state index contributed by atoms with van der Waals surface area (Å²) in [6.45, 7) is 0. The van der Waals surface area contributed by atoms with E-state index in [1.807, 2.05) is 24.3 Å². The number of hydrogen-bond donors (Lipinski definition) is 1. The van der Waals surface area contributed by atoms with Crippen LogP contribution in [0.4, 0.5) is 5.69 Å². The lowest BCUT2D eigenvalue weighted by Gasteiger charge is -2.18. The lowest BCUT2D eigenvalue weighted by Crippen LogP contribution is -2.11. The molecule has 0 radical (unpaired) electrons. The zero-order valence-electron chi connectivity index (χ0n) is 23.0. The third-order valence-electron chi connectivity index (χ3n) is 9.02. The van der Waals surface area contributed by atoms with Crippen LogP contribution in [0.1, 0.15) is 11.8 Å². The summed E-state index contributed by atoms with van der Waals surface area (Å²) in [6.07, 6.45) is -0.324. The summed E-state index contributed by atoms with van der Waals surface area (Å²) < 4.78 is 15.3. The van der Waals surface area contributed by atoms with Crippen LogP contribution >= 0.6 is 0 Å². The molecule has 1 aliphatic heterocycles. The summed E-state index contributed by atoms with van der Waals surface area (Å²) in [7, 11) is 0. The predicted molar refractivity (Wildman–Crippen MR) is 177 cm³/mol. The van der Waals surface area contributed by atoms with Gasteiger partial charge in [0.1, 0.15) is 11.2 Å². The number of anilines is 1. The predicted octanol–water partition coefficient (Wildman–Crippen LogP) is 10.5. The third-order valence-corrected chi connectivity index (χ3v) is 9.02. The maximum atomic E-state index is 6.72. The average molecular weight is 553 g/mol. The van der Waals surface area contributed by atoms with Crippen LogP contribution < -0.4 is 10.1 Å². The number of benzene rings is 7. The van der Waals surface area contributed by atoms with Crippen molar-refractivity contribution in [2.75, 3.05) is 5.32 Å². The highest BCUT2D eigenvalue weighted by molar-refractivity contribution is 6.15. The minimum Gasteiger partial charge on any atom is -0.463 e. The van der Waals surface area contributed by atoms with Gasteiger partial charge in [0, 0.05) is 27.1 Å². The third kappa shape index (κ3) is 3.15.